The van der Waals surface area contributed by atoms with Gasteiger partial charge in [0, 0.05) is 43.7 Å². The molecule has 10 heteroatoms. The highest BCUT2D eigenvalue weighted by Crippen LogP contribution is 2.20. The SMILES string of the molecule is CN=C(NCCc1nc(-c2cccc(Cl)c2)no1)N1CCC(NC(=O)OC(C)(C)C)C1. The van der Waals surface area contributed by atoms with Gasteiger partial charge in [0.05, 0.1) is 6.04 Å². The van der Waals surface area contributed by atoms with Gasteiger partial charge in [0.2, 0.25) is 11.7 Å². The van der Waals surface area contributed by atoms with E-state index in [9.17, 15) is 4.79 Å². The van der Waals surface area contributed by atoms with Crippen LogP contribution in [0.1, 0.15) is 33.1 Å². The molecule has 1 aromatic heterocycles. The van der Waals surface area contributed by atoms with E-state index in [1.807, 2.05) is 32.9 Å². The smallest absolute Gasteiger partial charge is 0.407 e. The number of guanidine groups is 1. The van der Waals surface area contributed by atoms with Crippen molar-refractivity contribution in [2.75, 3.05) is 26.7 Å². The van der Waals surface area contributed by atoms with E-state index in [4.69, 9.17) is 20.9 Å². The second-order valence-corrected chi connectivity index (χ2v) is 8.76. The van der Waals surface area contributed by atoms with Gasteiger partial charge < -0.3 is 24.8 Å². The van der Waals surface area contributed by atoms with Gasteiger partial charge in [-0.25, -0.2) is 4.79 Å². The van der Waals surface area contributed by atoms with E-state index >= 15 is 0 Å². The van der Waals surface area contributed by atoms with Gasteiger partial charge in [0.25, 0.3) is 0 Å². The molecule has 9 nitrogen and oxygen atoms in total. The van der Waals surface area contributed by atoms with Gasteiger partial charge in [0.1, 0.15) is 5.60 Å². The quantitative estimate of drug-likeness (QED) is 0.534. The van der Waals surface area contributed by atoms with Crippen molar-refractivity contribution in [3.63, 3.8) is 0 Å². The molecule has 3 rings (SSSR count). The molecule has 0 radical (unpaired) electrons. The summed E-state index contributed by atoms with van der Waals surface area (Å²) in [7, 11) is 1.74. The lowest BCUT2D eigenvalue weighted by Gasteiger charge is -2.23. The normalized spacial score (nSPS) is 17.0. The van der Waals surface area contributed by atoms with Crippen LogP contribution < -0.4 is 10.6 Å². The van der Waals surface area contributed by atoms with Crippen molar-refractivity contribution in [3.05, 3.63) is 35.2 Å². The zero-order valence-corrected chi connectivity index (χ0v) is 19.1. The molecular formula is C21H29ClN6O3. The molecule has 1 aliphatic rings. The molecule has 31 heavy (non-hydrogen) atoms. The number of halogens is 1. The van der Waals surface area contributed by atoms with Crippen LogP contribution >= 0.6 is 11.6 Å². The Hall–Kier alpha value is -2.81. The number of rotatable bonds is 5. The van der Waals surface area contributed by atoms with E-state index in [-0.39, 0.29) is 6.04 Å². The first kappa shape index (κ1) is 22.9. The number of carbonyl (C=O) groups is 1. The first-order valence-electron chi connectivity index (χ1n) is 10.3. The number of amides is 1. The maximum absolute atomic E-state index is 12.0. The van der Waals surface area contributed by atoms with E-state index < -0.39 is 11.7 Å². The predicted octanol–water partition coefficient (Wildman–Crippen LogP) is 3.11. The van der Waals surface area contributed by atoms with Crippen molar-refractivity contribution in [1.82, 2.24) is 25.7 Å². The van der Waals surface area contributed by atoms with Gasteiger partial charge in [-0.1, -0.05) is 28.9 Å². The summed E-state index contributed by atoms with van der Waals surface area (Å²) in [4.78, 5) is 22.9. The summed E-state index contributed by atoms with van der Waals surface area (Å²) in [5.41, 5.74) is 0.299. The summed E-state index contributed by atoms with van der Waals surface area (Å²) in [5, 5.41) is 10.9. The van der Waals surface area contributed by atoms with Crippen LogP contribution in [0.2, 0.25) is 5.02 Å². The third-order valence-electron chi connectivity index (χ3n) is 4.59. The molecule has 168 valence electrons. The number of aliphatic imine (C=N–C) groups is 1. The Kier molecular flexibility index (Phi) is 7.37. The van der Waals surface area contributed by atoms with E-state index in [0.717, 1.165) is 24.5 Å². The average Bonchev–Trinajstić information content (AvgIpc) is 3.33. The van der Waals surface area contributed by atoms with Crippen molar-refractivity contribution in [1.29, 1.82) is 0 Å². The van der Waals surface area contributed by atoms with E-state index in [1.165, 1.54) is 0 Å². The van der Waals surface area contributed by atoms with Crippen LogP contribution in [0, 0.1) is 0 Å². The largest absolute Gasteiger partial charge is 0.444 e. The number of nitrogens with one attached hydrogen (secondary N) is 2. The molecule has 0 aliphatic carbocycles. The molecule has 1 aliphatic heterocycles. The molecule has 1 fully saturated rings. The standard InChI is InChI=1S/C21H29ClN6O3/c1-21(2,3)30-20(29)25-16-9-11-28(13-16)19(23-4)24-10-8-17-26-18(27-31-17)14-6-5-7-15(22)12-14/h5-7,12,16H,8-11,13H2,1-4H3,(H,23,24)(H,25,29). The fourth-order valence-electron chi connectivity index (χ4n) is 3.26. The highest BCUT2D eigenvalue weighted by molar-refractivity contribution is 6.30. The molecule has 1 unspecified atom stereocenters. The third kappa shape index (κ3) is 6.85. The first-order chi connectivity index (χ1) is 14.7. The molecular weight excluding hydrogens is 420 g/mol. The maximum atomic E-state index is 12.0. The number of alkyl carbamates (subject to hydrolysis) is 1. The zero-order valence-electron chi connectivity index (χ0n) is 18.3. The summed E-state index contributed by atoms with van der Waals surface area (Å²) in [6.45, 7) is 7.59. The van der Waals surface area contributed by atoms with Crippen LogP contribution in [-0.2, 0) is 11.2 Å². The number of nitrogens with zero attached hydrogens (tertiary/aromatic N) is 4. The van der Waals surface area contributed by atoms with Crippen molar-refractivity contribution < 1.29 is 14.1 Å². The van der Waals surface area contributed by atoms with Crippen LogP contribution in [0.5, 0.6) is 0 Å². The van der Waals surface area contributed by atoms with Gasteiger partial charge in [-0.3, -0.25) is 4.99 Å². The van der Waals surface area contributed by atoms with Gasteiger partial charge in [-0.05, 0) is 39.3 Å². The highest BCUT2D eigenvalue weighted by atomic mass is 35.5. The van der Waals surface area contributed by atoms with Gasteiger partial charge in [-0.2, -0.15) is 4.98 Å². The number of carbonyl (C=O) groups excluding carboxylic acids is 1. The molecule has 2 heterocycles. The second-order valence-electron chi connectivity index (χ2n) is 8.32. The van der Waals surface area contributed by atoms with Crippen LogP contribution in [0.4, 0.5) is 4.79 Å². The number of ether oxygens (including phenoxy) is 1. The molecule has 0 bridgehead atoms. The average molecular weight is 449 g/mol. The second kappa shape index (κ2) is 10.00. The molecule has 1 saturated heterocycles. The van der Waals surface area contributed by atoms with Crippen molar-refractivity contribution in [2.24, 2.45) is 4.99 Å². The molecule has 0 saturated carbocycles. The lowest BCUT2D eigenvalue weighted by molar-refractivity contribution is 0.0507. The third-order valence-corrected chi connectivity index (χ3v) is 4.83. The Morgan fingerprint density at radius 3 is 2.94 bits per heavy atom. The Labute approximate surface area is 187 Å². The van der Waals surface area contributed by atoms with Crippen molar-refractivity contribution >= 4 is 23.7 Å². The zero-order chi connectivity index (χ0) is 22.4. The lowest BCUT2D eigenvalue weighted by Crippen LogP contribution is -2.44. The van der Waals surface area contributed by atoms with E-state index in [1.54, 1.807) is 19.2 Å². The minimum atomic E-state index is -0.513. The van der Waals surface area contributed by atoms with Gasteiger partial charge in [-0.15, -0.1) is 0 Å². The Balaban J connectivity index is 1.46. The topological polar surface area (TPSA) is 105 Å². The minimum absolute atomic E-state index is 0.0181. The summed E-state index contributed by atoms with van der Waals surface area (Å²) in [6, 6.07) is 7.35. The summed E-state index contributed by atoms with van der Waals surface area (Å²) < 4.78 is 10.7. The van der Waals surface area contributed by atoms with Crippen LogP contribution in [0.15, 0.2) is 33.8 Å². The van der Waals surface area contributed by atoms with E-state index in [2.05, 4.69) is 30.7 Å². The highest BCUT2D eigenvalue weighted by Gasteiger charge is 2.27. The number of aromatic nitrogens is 2. The fraction of sp³-hybridized carbons (Fsp3) is 0.524. The summed E-state index contributed by atoms with van der Waals surface area (Å²) in [6.07, 6.45) is 0.987. The molecule has 1 atom stereocenters. The number of benzene rings is 1. The van der Waals surface area contributed by atoms with Crippen LogP contribution in [-0.4, -0.2) is 65.4 Å². The minimum Gasteiger partial charge on any atom is -0.444 e. The Morgan fingerprint density at radius 1 is 1.42 bits per heavy atom. The Morgan fingerprint density at radius 2 is 2.23 bits per heavy atom. The Bertz CT molecular complexity index is 924. The van der Waals surface area contributed by atoms with Crippen LogP contribution in [0.3, 0.4) is 0 Å². The lowest BCUT2D eigenvalue weighted by atomic mass is 10.2. The predicted molar refractivity (Wildman–Crippen MR) is 119 cm³/mol. The molecule has 1 amide bonds. The van der Waals surface area contributed by atoms with E-state index in [0.29, 0.717) is 36.2 Å². The first-order valence-corrected chi connectivity index (χ1v) is 10.6. The molecule has 1 aromatic carbocycles. The van der Waals surface area contributed by atoms with Gasteiger partial charge >= 0.3 is 6.09 Å². The molecule has 2 N–H and O–H groups in total. The number of likely N-dealkylation sites (tertiary alicyclic amines) is 1. The monoisotopic (exact) mass is 448 g/mol. The van der Waals surface area contributed by atoms with Crippen molar-refractivity contribution in [3.8, 4) is 11.4 Å². The maximum Gasteiger partial charge on any atom is 0.407 e. The number of hydrogen-bond acceptors (Lipinski definition) is 6. The fourth-order valence-corrected chi connectivity index (χ4v) is 3.45. The van der Waals surface area contributed by atoms with Crippen molar-refractivity contribution in [2.45, 2.75) is 45.3 Å². The summed E-state index contributed by atoms with van der Waals surface area (Å²) >= 11 is 6.02. The molecule has 0 spiro atoms. The van der Waals surface area contributed by atoms with Gasteiger partial charge in [0.15, 0.2) is 5.96 Å². The van der Waals surface area contributed by atoms with Crippen LogP contribution in [0.25, 0.3) is 11.4 Å². The summed E-state index contributed by atoms with van der Waals surface area (Å²) in [5.74, 6) is 1.81. The molecule has 2 aromatic rings. The number of hydrogen-bond donors (Lipinski definition) is 2.